The summed E-state index contributed by atoms with van der Waals surface area (Å²) in [5.74, 6) is 4.17. The minimum absolute atomic E-state index is 0.109. The molecule has 0 N–H and O–H groups in total. The van der Waals surface area contributed by atoms with Crippen LogP contribution in [0.5, 0.6) is 0 Å². The highest BCUT2D eigenvalue weighted by molar-refractivity contribution is 5.69. The van der Waals surface area contributed by atoms with Crippen LogP contribution in [0.3, 0.4) is 0 Å². The Morgan fingerprint density at radius 3 is 2.43 bits per heavy atom. The molecule has 1 aromatic heterocycles. The van der Waals surface area contributed by atoms with Crippen molar-refractivity contribution in [1.82, 2.24) is 14.9 Å². The first-order chi connectivity index (χ1) is 16.9. The van der Waals surface area contributed by atoms with Crippen molar-refractivity contribution in [2.24, 2.45) is 35.5 Å². The Bertz CT molecular complexity index is 808. The zero-order chi connectivity index (χ0) is 24.9. The monoisotopic (exact) mass is 489 g/mol. The fourth-order valence-corrected chi connectivity index (χ4v) is 6.69. The van der Waals surface area contributed by atoms with E-state index in [1.807, 2.05) is 4.90 Å². The van der Waals surface area contributed by atoms with Gasteiger partial charge in [0, 0.05) is 6.04 Å². The minimum Gasteiger partial charge on any atom is -0.449 e. The van der Waals surface area contributed by atoms with Crippen molar-refractivity contribution < 1.29 is 18.7 Å². The predicted octanol–water partition coefficient (Wildman–Crippen LogP) is 6.12. The average Bonchev–Trinajstić information content (AvgIpc) is 3.36. The van der Waals surface area contributed by atoms with E-state index in [-0.39, 0.29) is 18.2 Å². The van der Waals surface area contributed by atoms with Gasteiger partial charge in [-0.05, 0) is 74.5 Å². The van der Waals surface area contributed by atoms with E-state index in [1.165, 1.54) is 44.9 Å². The molecular weight excluding hydrogens is 445 g/mol. The SMILES string of the molecule is CCC(COC(=O)N1[C@H](C)C[C@H](C)[C@@H]1CO[C@H]1CCC2C(C)C2C1)C1CCC1.Fc1cncnc1. The molecule has 0 bridgehead atoms. The molecule has 8 atom stereocenters. The molecule has 4 fully saturated rings. The summed E-state index contributed by atoms with van der Waals surface area (Å²) in [6.45, 7) is 10.3. The van der Waals surface area contributed by atoms with Gasteiger partial charge >= 0.3 is 6.09 Å². The zero-order valence-corrected chi connectivity index (χ0v) is 21.9. The maximum atomic E-state index is 13.0. The van der Waals surface area contributed by atoms with Gasteiger partial charge in [-0.3, -0.25) is 4.90 Å². The van der Waals surface area contributed by atoms with Crippen LogP contribution in [0.2, 0.25) is 0 Å². The smallest absolute Gasteiger partial charge is 0.410 e. The lowest BCUT2D eigenvalue weighted by atomic mass is 9.75. The van der Waals surface area contributed by atoms with Crippen LogP contribution in [0.15, 0.2) is 18.7 Å². The predicted molar refractivity (Wildman–Crippen MR) is 133 cm³/mol. The maximum Gasteiger partial charge on any atom is 0.410 e. The largest absolute Gasteiger partial charge is 0.449 e. The number of ether oxygens (including phenoxy) is 2. The zero-order valence-electron chi connectivity index (χ0n) is 21.9. The van der Waals surface area contributed by atoms with Crippen molar-refractivity contribution in [3.63, 3.8) is 0 Å². The summed E-state index contributed by atoms with van der Waals surface area (Å²) < 4.78 is 24.0. The van der Waals surface area contributed by atoms with Gasteiger partial charge in [-0.2, -0.15) is 0 Å². The number of nitrogens with zero attached hydrogens (tertiary/aromatic N) is 3. The first-order valence-electron chi connectivity index (χ1n) is 13.9. The van der Waals surface area contributed by atoms with Gasteiger partial charge in [0.2, 0.25) is 0 Å². The van der Waals surface area contributed by atoms with Crippen LogP contribution in [-0.2, 0) is 9.47 Å². The summed E-state index contributed by atoms with van der Waals surface area (Å²) in [6.07, 6.45) is 13.7. The molecule has 0 radical (unpaired) electrons. The van der Waals surface area contributed by atoms with Gasteiger partial charge in [0.1, 0.15) is 6.33 Å². The molecule has 0 spiro atoms. The maximum absolute atomic E-state index is 13.0. The summed E-state index contributed by atoms with van der Waals surface area (Å²) in [4.78, 5) is 21.8. The normalized spacial score (nSPS) is 34.8. The van der Waals surface area contributed by atoms with Crippen molar-refractivity contribution in [2.75, 3.05) is 13.2 Å². The summed E-state index contributed by atoms with van der Waals surface area (Å²) in [5, 5.41) is 0. The number of carbonyl (C=O) groups is 1. The molecule has 1 saturated heterocycles. The standard InChI is InChI=1S/C24H41NO3.C4H3FN2/c1-5-18(19-7-6-8-19)13-28-24(26)25-16(3)11-15(2)23(25)14-27-20-9-10-21-17(4)22(21)12-20;5-4-1-6-3-7-2-4/h15-23H,5-14H2,1-4H3;1-3H/t15-,16+,17?,18?,20-,21?,22?,23-;/m0./s1. The third kappa shape index (κ3) is 6.52. The number of amides is 1. The number of rotatable bonds is 7. The first-order valence-corrected chi connectivity index (χ1v) is 13.9. The molecule has 3 saturated carbocycles. The van der Waals surface area contributed by atoms with Gasteiger partial charge in [-0.1, -0.05) is 40.0 Å². The number of aromatic nitrogens is 2. The Labute approximate surface area is 210 Å². The van der Waals surface area contributed by atoms with Crippen molar-refractivity contribution in [3.8, 4) is 0 Å². The lowest BCUT2D eigenvalue weighted by molar-refractivity contribution is -0.0159. The van der Waals surface area contributed by atoms with Gasteiger partial charge in [-0.15, -0.1) is 0 Å². The number of likely N-dealkylation sites (tertiary alicyclic amines) is 1. The molecule has 6 nitrogen and oxygen atoms in total. The number of hydrogen-bond donors (Lipinski definition) is 0. The van der Waals surface area contributed by atoms with E-state index in [0.717, 1.165) is 48.9 Å². The lowest BCUT2D eigenvalue weighted by Crippen LogP contribution is -2.45. The van der Waals surface area contributed by atoms with E-state index in [1.54, 1.807) is 0 Å². The molecule has 4 unspecified atom stereocenters. The molecule has 2 heterocycles. The van der Waals surface area contributed by atoms with Gasteiger partial charge in [0.05, 0.1) is 37.8 Å². The molecule has 1 aromatic rings. The molecule has 1 aliphatic heterocycles. The Balaban J connectivity index is 0.000000356. The van der Waals surface area contributed by atoms with Crippen molar-refractivity contribution in [2.45, 2.75) is 97.2 Å². The van der Waals surface area contributed by atoms with Crippen LogP contribution in [-0.4, -0.2) is 52.4 Å². The summed E-state index contributed by atoms with van der Waals surface area (Å²) in [5.41, 5.74) is 0. The number of halogens is 1. The Kier molecular flexibility index (Phi) is 9.01. The van der Waals surface area contributed by atoms with Gasteiger partial charge in [0.25, 0.3) is 0 Å². The third-order valence-corrected chi connectivity index (χ3v) is 9.32. The van der Waals surface area contributed by atoms with Gasteiger partial charge in [0.15, 0.2) is 5.82 Å². The number of carbonyl (C=O) groups excluding carboxylic acids is 1. The van der Waals surface area contributed by atoms with Gasteiger partial charge in [-0.25, -0.2) is 19.2 Å². The molecule has 0 aromatic carbocycles. The molecule has 3 aliphatic carbocycles. The number of hydrogen-bond acceptors (Lipinski definition) is 5. The fraction of sp³-hybridized carbons (Fsp3) is 0.821. The third-order valence-electron chi connectivity index (χ3n) is 9.32. The second kappa shape index (κ2) is 12.0. The van der Waals surface area contributed by atoms with E-state index < -0.39 is 5.82 Å². The second-order valence-electron chi connectivity index (χ2n) is 11.5. The van der Waals surface area contributed by atoms with E-state index in [2.05, 4.69) is 37.7 Å². The summed E-state index contributed by atoms with van der Waals surface area (Å²) in [7, 11) is 0. The highest BCUT2D eigenvalue weighted by atomic mass is 19.1. The highest BCUT2D eigenvalue weighted by Gasteiger charge is 2.50. The number of fused-ring (bicyclic) bond motifs is 1. The van der Waals surface area contributed by atoms with Crippen LogP contribution in [0.1, 0.15) is 79.1 Å². The highest BCUT2D eigenvalue weighted by Crippen LogP contribution is 2.55. The van der Waals surface area contributed by atoms with E-state index in [4.69, 9.17) is 9.47 Å². The van der Waals surface area contributed by atoms with Crippen LogP contribution < -0.4 is 0 Å². The summed E-state index contributed by atoms with van der Waals surface area (Å²) in [6, 6.07) is 0.416. The molecule has 35 heavy (non-hydrogen) atoms. The van der Waals surface area contributed by atoms with E-state index in [0.29, 0.717) is 31.2 Å². The van der Waals surface area contributed by atoms with Crippen LogP contribution in [0, 0.1) is 41.3 Å². The Morgan fingerprint density at radius 1 is 1.11 bits per heavy atom. The Morgan fingerprint density at radius 2 is 1.86 bits per heavy atom. The topological polar surface area (TPSA) is 64.5 Å². The van der Waals surface area contributed by atoms with E-state index >= 15 is 0 Å². The second-order valence-corrected chi connectivity index (χ2v) is 11.5. The molecule has 7 heteroatoms. The average molecular weight is 490 g/mol. The van der Waals surface area contributed by atoms with Crippen LogP contribution in [0.4, 0.5) is 9.18 Å². The minimum atomic E-state index is -0.400. The van der Waals surface area contributed by atoms with Crippen molar-refractivity contribution in [1.29, 1.82) is 0 Å². The molecule has 5 rings (SSSR count). The van der Waals surface area contributed by atoms with Crippen molar-refractivity contribution in [3.05, 3.63) is 24.5 Å². The summed E-state index contributed by atoms with van der Waals surface area (Å²) >= 11 is 0. The van der Waals surface area contributed by atoms with Crippen LogP contribution >= 0.6 is 0 Å². The quantitative estimate of drug-likeness (QED) is 0.462. The fourth-order valence-electron chi connectivity index (χ4n) is 6.69. The van der Waals surface area contributed by atoms with Crippen LogP contribution in [0.25, 0.3) is 0 Å². The lowest BCUT2D eigenvalue weighted by Gasteiger charge is -2.34. The van der Waals surface area contributed by atoms with Crippen molar-refractivity contribution >= 4 is 6.09 Å². The molecule has 1 amide bonds. The Hall–Kier alpha value is -1.76. The van der Waals surface area contributed by atoms with Gasteiger partial charge < -0.3 is 9.47 Å². The first kappa shape index (κ1) is 26.3. The molecule has 4 aliphatic rings. The molecule has 196 valence electrons. The van der Waals surface area contributed by atoms with E-state index in [9.17, 15) is 9.18 Å². The molecular formula is C28H44FN3O3.